The smallest absolute Gasteiger partial charge is 0.308 e. The highest BCUT2D eigenvalue weighted by atomic mass is 32.2. The number of aromatic nitrogens is 1. The number of pyridine rings is 1. The van der Waals surface area contributed by atoms with E-state index in [1.54, 1.807) is 12.3 Å². The van der Waals surface area contributed by atoms with E-state index >= 15 is 0 Å². The van der Waals surface area contributed by atoms with Crippen molar-refractivity contribution in [2.75, 3.05) is 10.6 Å². The second kappa shape index (κ2) is 7.66. The van der Waals surface area contributed by atoms with Crippen LogP contribution in [0.4, 0.5) is 16.2 Å². The molecule has 4 nitrogen and oxygen atoms in total. The molecular formula is C19H17N3OS. The lowest BCUT2D eigenvalue weighted by Gasteiger charge is -2.11. The second-order valence-corrected chi connectivity index (χ2v) is 6.28. The molecule has 0 bridgehead atoms. The van der Waals surface area contributed by atoms with Gasteiger partial charge in [0.25, 0.3) is 0 Å². The summed E-state index contributed by atoms with van der Waals surface area (Å²) in [6.45, 7) is 2.05. The highest BCUT2D eigenvalue weighted by molar-refractivity contribution is 7.99. The Morgan fingerprint density at radius 1 is 0.917 bits per heavy atom. The van der Waals surface area contributed by atoms with Crippen LogP contribution in [0.1, 0.15) is 5.56 Å². The van der Waals surface area contributed by atoms with Crippen molar-refractivity contribution in [1.82, 2.24) is 4.98 Å². The topological polar surface area (TPSA) is 54.0 Å². The molecule has 2 amide bonds. The van der Waals surface area contributed by atoms with E-state index < -0.39 is 0 Å². The van der Waals surface area contributed by atoms with Crippen molar-refractivity contribution in [1.29, 1.82) is 0 Å². The zero-order valence-corrected chi connectivity index (χ0v) is 14.0. The molecule has 0 saturated heterocycles. The number of nitrogens with one attached hydrogen (secondary N) is 2. The molecule has 0 aliphatic carbocycles. The number of carbonyl (C=O) groups is 1. The van der Waals surface area contributed by atoms with Crippen molar-refractivity contribution in [3.63, 3.8) is 0 Å². The number of aryl methyl sites for hydroxylation is 1. The molecule has 1 aromatic heterocycles. The first-order valence-corrected chi connectivity index (χ1v) is 8.35. The van der Waals surface area contributed by atoms with Crippen molar-refractivity contribution in [2.24, 2.45) is 0 Å². The van der Waals surface area contributed by atoms with Crippen LogP contribution in [0.25, 0.3) is 0 Å². The maximum atomic E-state index is 12.2. The predicted octanol–water partition coefficient (Wildman–Crippen LogP) is 5.19. The fourth-order valence-corrected chi connectivity index (χ4v) is 2.93. The van der Waals surface area contributed by atoms with Crippen molar-refractivity contribution >= 4 is 29.2 Å². The number of hydrogen-bond donors (Lipinski definition) is 2. The highest BCUT2D eigenvalue weighted by Crippen LogP contribution is 2.31. The molecule has 2 N–H and O–H groups in total. The van der Waals surface area contributed by atoms with E-state index in [0.717, 1.165) is 15.6 Å². The molecule has 3 rings (SSSR count). The molecule has 2 aromatic carbocycles. The third-order valence-corrected chi connectivity index (χ3v) is 4.31. The number of urea groups is 1. The number of anilines is 2. The molecular weight excluding hydrogens is 318 g/mol. The van der Waals surface area contributed by atoms with Crippen LogP contribution in [0.3, 0.4) is 0 Å². The number of rotatable bonds is 4. The zero-order chi connectivity index (χ0) is 16.8. The van der Waals surface area contributed by atoms with Gasteiger partial charge in [-0.1, -0.05) is 47.7 Å². The molecule has 0 aliphatic rings. The first kappa shape index (κ1) is 16.1. The van der Waals surface area contributed by atoms with Gasteiger partial charge in [-0.2, -0.15) is 0 Å². The standard InChI is InChI=1S/C19H17N3OS/c1-14-9-11-16(12-10-14)24-18-17(8-5-13-20-18)22-19(23)21-15-6-3-2-4-7-15/h2-13H,1H3,(H2,21,22,23). The Bertz CT molecular complexity index is 820. The summed E-state index contributed by atoms with van der Waals surface area (Å²) in [5, 5.41) is 6.41. The Morgan fingerprint density at radius 3 is 2.42 bits per heavy atom. The van der Waals surface area contributed by atoms with Crippen molar-refractivity contribution < 1.29 is 4.79 Å². The van der Waals surface area contributed by atoms with Crippen LogP contribution in [0.5, 0.6) is 0 Å². The lowest BCUT2D eigenvalue weighted by atomic mass is 10.2. The van der Waals surface area contributed by atoms with Gasteiger partial charge in [-0.15, -0.1) is 0 Å². The number of para-hydroxylation sites is 1. The molecule has 0 saturated carbocycles. The first-order valence-electron chi connectivity index (χ1n) is 7.53. The third-order valence-electron chi connectivity index (χ3n) is 3.29. The normalized spacial score (nSPS) is 10.2. The summed E-state index contributed by atoms with van der Waals surface area (Å²) < 4.78 is 0. The number of amides is 2. The molecule has 120 valence electrons. The van der Waals surface area contributed by atoms with Crippen molar-refractivity contribution in [3.8, 4) is 0 Å². The van der Waals surface area contributed by atoms with Crippen LogP contribution in [-0.2, 0) is 0 Å². The summed E-state index contributed by atoms with van der Waals surface area (Å²) in [5.74, 6) is 0. The van der Waals surface area contributed by atoms with Gasteiger partial charge < -0.3 is 10.6 Å². The largest absolute Gasteiger partial charge is 0.323 e. The van der Waals surface area contributed by atoms with Crippen molar-refractivity contribution in [3.05, 3.63) is 78.5 Å². The Kier molecular flexibility index (Phi) is 5.13. The molecule has 0 atom stereocenters. The monoisotopic (exact) mass is 335 g/mol. The molecule has 0 fully saturated rings. The van der Waals surface area contributed by atoms with E-state index in [0.29, 0.717) is 5.69 Å². The van der Waals surface area contributed by atoms with Gasteiger partial charge in [-0.05, 0) is 43.3 Å². The molecule has 1 heterocycles. The number of benzene rings is 2. The van der Waals surface area contributed by atoms with E-state index in [1.807, 2.05) is 48.5 Å². The van der Waals surface area contributed by atoms with Gasteiger partial charge in [-0.25, -0.2) is 9.78 Å². The average molecular weight is 335 g/mol. The van der Waals surface area contributed by atoms with Crippen LogP contribution >= 0.6 is 11.8 Å². The predicted molar refractivity (Wildman–Crippen MR) is 98.6 cm³/mol. The highest BCUT2D eigenvalue weighted by Gasteiger charge is 2.09. The molecule has 5 heteroatoms. The van der Waals surface area contributed by atoms with Crippen LogP contribution in [0.2, 0.25) is 0 Å². The third kappa shape index (κ3) is 4.36. The zero-order valence-electron chi connectivity index (χ0n) is 13.2. The number of nitrogens with zero attached hydrogens (tertiary/aromatic N) is 1. The molecule has 0 unspecified atom stereocenters. The minimum atomic E-state index is -0.292. The van der Waals surface area contributed by atoms with Gasteiger partial charge in [0.05, 0.1) is 5.69 Å². The van der Waals surface area contributed by atoms with E-state index in [-0.39, 0.29) is 6.03 Å². The summed E-state index contributed by atoms with van der Waals surface area (Å²) in [6.07, 6.45) is 1.72. The first-order chi connectivity index (χ1) is 11.7. The summed E-state index contributed by atoms with van der Waals surface area (Å²) in [5.41, 5.74) is 2.63. The van der Waals surface area contributed by atoms with Gasteiger partial charge in [0.2, 0.25) is 0 Å². The Labute approximate surface area is 145 Å². The molecule has 0 radical (unpaired) electrons. The minimum absolute atomic E-state index is 0.292. The summed E-state index contributed by atoms with van der Waals surface area (Å²) in [6, 6.07) is 20.9. The molecule has 0 aliphatic heterocycles. The van der Waals surface area contributed by atoms with Gasteiger partial charge in [-0.3, -0.25) is 0 Å². The summed E-state index contributed by atoms with van der Waals surface area (Å²) >= 11 is 1.52. The number of hydrogen-bond acceptors (Lipinski definition) is 3. The molecule has 0 spiro atoms. The Balaban J connectivity index is 1.71. The fourth-order valence-electron chi connectivity index (χ4n) is 2.09. The molecule has 24 heavy (non-hydrogen) atoms. The van der Waals surface area contributed by atoms with E-state index in [2.05, 4.69) is 34.7 Å². The van der Waals surface area contributed by atoms with Gasteiger partial charge >= 0.3 is 6.03 Å². The molecule has 3 aromatic rings. The van der Waals surface area contributed by atoms with Gasteiger partial charge in [0.15, 0.2) is 0 Å². The van der Waals surface area contributed by atoms with Gasteiger partial charge in [0, 0.05) is 16.8 Å². The van der Waals surface area contributed by atoms with Crippen LogP contribution in [0, 0.1) is 6.92 Å². The maximum Gasteiger partial charge on any atom is 0.323 e. The quantitative estimate of drug-likeness (QED) is 0.690. The average Bonchev–Trinajstić information content (AvgIpc) is 2.59. The van der Waals surface area contributed by atoms with Crippen molar-refractivity contribution in [2.45, 2.75) is 16.8 Å². The lowest BCUT2D eigenvalue weighted by molar-refractivity contribution is 0.262. The summed E-state index contributed by atoms with van der Waals surface area (Å²) in [7, 11) is 0. The number of carbonyl (C=O) groups excluding carboxylic acids is 1. The lowest BCUT2D eigenvalue weighted by Crippen LogP contribution is -2.19. The Morgan fingerprint density at radius 2 is 1.67 bits per heavy atom. The van der Waals surface area contributed by atoms with Gasteiger partial charge in [0.1, 0.15) is 5.03 Å². The van der Waals surface area contributed by atoms with Crippen LogP contribution < -0.4 is 10.6 Å². The summed E-state index contributed by atoms with van der Waals surface area (Å²) in [4.78, 5) is 17.6. The van der Waals surface area contributed by atoms with Crippen LogP contribution in [-0.4, -0.2) is 11.0 Å². The SMILES string of the molecule is Cc1ccc(Sc2ncccc2NC(=O)Nc2ccccc2)cc1. The van der Waals surface area contributed by atoms with E-state index in [9.17, 15) is 4.79 Å². The van der Waals surface area contributed by atoms with E-state index in [1.165, 1.54) is 17.3 Å². The van der Waals surface area contributed by atoms with Crippen LogP contribution in [0.15, 0.2) is 82.8 Å². The Hall–Kier alpha value is -2.79. The minimum Gasteiger partial charge on any atom is -0.308 e. The second-order valence-electron chi connectivity index (χ2n) is 5.22. The van der Waals surface area contributed by atoms with E-state index in [4.69, 9.17) is 0 Å². The fraction of sp³-hybridized carbons (Fsp3) is 0.0526. The maximum absolute atomic E-state index is 12.2.